The Kier molecular flexibility index (Phi) is 4.55. The van der Waals surface area contributed by atoms with Crippen LogP contribution in [0.4, 0.5) is 0 Å². The van der Waals surface area contributed by atoms with Crippen LogP contribution in [0, 0.1) is 0 Å². The molecule has 1 aliphatic heterocycles. The largest absolute Gasteiger partial charge is 0.508 e. The van der Waals surface area contributed by atoms with Crippen molar-refractivity contribution >= 4 is 0 Å². The molecule has 0 spiro atoms. The molecule has 0 radical (unpaired) electrons. The Labute approximate surface area is 121 Å². The maximum absolute atomic E-state index is 9.64. The van der Waals surface area contributed by atoms with Gasteiger partial charge in [-0.1, -0.05) is 6.07 Å². The molecule has 1 aliphatic rings. The molecule has 0 saturated carbocycles. The number of hydrogen-bond acceptors (Lipinski definition) is 4. The molecule has 0 saturated heterocycles. The Morgan fingerprint density at radius 3 is 2.90 bits per heavy atom. The molecule has 0 fully saturated rings. The molecule has 1 atom stereocenters. The van der Waals surface area contributed by atoms with Crippen LogP contribution in [-0.2, 0) is 4.74 Å². The number of ether oxygens (including phenoxy) is 2. The van der Waals surface area contributed by atoms with E-state index in [1.807, 2.05) is 13.0 Å². The van der Waals surface area contributed by atoms with Gasteiger partial charge in [0, 0.05) is 37.2 Å². The number of benzene rings is 1. The molecule has 1 aromatic rings. The smallest absolute Gasteiger partial charge is 0.128 e. The van der Waals surface area contributed by atoms with Gasteiger partial charge in [-0.05, 0) is 33.9 Å². The van der Waals surface area contributed by atoms with Crippen LogP contribution in [0.1, 0.15) is 38.8 Å². The first kappa shape index (κ1) is 15.1. The number of hydrogen-bond donors (Lipinski definition) is 1. The lowest BCUT2D eigenvalue weighted by Crippen LogP contribution is -2.41. The lowest BCUT2D eigenvalue weighted by molar-refractivity contribution is 0.0272. The van der Waals surface area contributed by atoms with Gasteiger partial charge in [0.25, 0.3) is 0 Å². The van der Waals surface area contributed by atoms with Gasteiger partial charge >= 0.3 is 0 Å². The summed E-state index contributed by atoms with van der Waals surface area (Å²) in [7, 11) is 2.11. The van der Waals surface area contributed by atoms with E-state index in [-0.39, 0.29) is 17.4 Å². The van der Waals surface area contributed by atoms with Gasteiger partial charge in [-0.25, -0.2) is 0 Å². The van der Waals surface area contributed by atoms with Crippen LogP contribution in [0.2, 0.25) is 0 Å². The zero-order chi connectivity index (χ0) is 14.8. The van der Waals surface area contributed by atoms with E-state index in [1.54, 1.807) is 12.1 Å². The Bertz CT molecular complexity index is 459. The first-order valence-electron chi connectivity index (χ1n) is 7.23. The zero-order valence-corrected chi connectivity index (χ0v) is 12.8. The fourth-order valence-electron chi connectivity index (χ4n) is 2.70. The summed E-state index contributed by atoms with van der Waals surface area (Å²) >= 11 is 0. The maximum atomic E-state index is 9.64. The first-order chi connectivity index (χ1) is 9.43. The molecule has 0 bridgehead atoms. The van der Waals surface area contributed by atoms with E-state index in [9.17, 15) is 5.11 Å². The van der Waals surface area contributed by atoms with Crippen molar-refractivity contribution in [2.45, 2.75) is 38.8 Å². The number of rotatable bonds is 5. The van der Waals surface area contributed by atoms with Crippen molar-refractivity contribution in [2.75, 3.05) is 26.8 Å². The third kappa shape index (κ3) is 3.44. The number of phenols is 1. The number of nitrogens with zero attached hydrogens (tertiary/aromatic N) is 1. The minimum Gasteiger partial charge on any atom is -0.508 e. The third-order valence-corrected chi connectivity index (χ3v) is 3.75. The van der Waals surface area contributed by atoms with Crippen LogP contribution < -0.4 is 4.74 Å². The van der Waals surface area contributed by atoms with E-state index in [0.717, 1.165) is 37.5 Å². The van der Waals surface area contributed by atoms with E-state index < -0.39 is 0 Å². The lowest BCUT2D eigenvalue weighted by atomic mass is 9.89. The fourth-order valence-corrected chi connectivity index (χ4v) is 2.70. The van der Waals surface area contributed by atoms with E-state index in [4.69, 9.17) is 9.47 Å². The van der Waals surface area contributed by atoms with Crippen molar-refractivity contribution in [3.63, 3.8) is 0 Å². The van der Waals surface area contributed by atoms with Gasteiger partial charge in [-0.2, -0.15) is 0 Å². The summed E-state index contributed by atoms with van der Waals surface area (Å²) in [6.45, 7) is 8.55. The van der Waals surface area contributed by atoms with Gasteiger partial charge in [-0.15, -0.1) is 0 Å². The molecule has 1 heterocycles. The second kappa shape index (κ2) is 6.02. The minimum absolute atomic E-state index is 0.231. The monoisotopic (exact) mass is 279 g/mol. The van der Waals surface area contributed by atoms with Crippen LogP contribution in [0.3, 0.4) is 0 Å². The first-order valence-corrected chi connectivity index (χ1v) is 7.23. The lowest BCUT2D eigenvalue weighted by Gasteiger charge is -2.41. The average Bonchev–Trinajstić information content (AvgIpc) is 2.36. The predicted molar refractivity (Wildman–Crippen MR) is 79.3 cm³/mol. The Hall–Kier alpha value is -1.26. The van der Waals surface area contributed by atoms with Gasteiger partial charge in [0.15, 0.2) is 0 Å². The number of phenolic OH excluding ortho intramolecular Hbond substituents is 1. The van der Waals surface area contributed by atoms with Crippen LogP contribution in [0.5, 0.6) is 11.5 Å². The third-order valence-electron chi connectivity index (χ3n) is 3.75. The van der Waals surface area contributed by atoms with Crippen molar-refractivity contribution in [2.24, 2.45) is 0 Å². The van der Waals surface area contributed by atoms with E-state index >= 15 is 0 Å². The number of fused-ring (bicyclic) bond motifs is 1. The van der Waals surface area contributed by atoms with Gasteiger partial charge in [-0.3, -0.25) is 4.90 Å². The molecule has 0 aromatic heterocycles. The summed E-state index contributed by atoms with van der Waals surface area (Å²) in [5.74, 6) is 1.03. The van der Waals surface area contributed by atoms with Gasteiger partial charge in [0.1, 0.15) is 17.1 Å². The van der Waals surface area contributed by atoms with Gasteiger partial charge < -0.3 is 14.6 Å². The highest BCUT2D eigenvalue weighted by atomic mass is 16.5. The molecule has 2 rings (SSSR count). The van der Waals surface area contributed by atoms with Crippen LogP contribution in [0.25, 0.3) is 0 Å². The highest BCUT2D eigenvalue weighted by Crippen LogP contribution is 2.43. The summed E-state index contributed by atoms with van der Waals surface area (Å²) in [5, 5.41) is 9.64. The topological polar surface area (TPSA) is 41.9 Å². The molecule has 20 heavy (non-hydrogen) atoms. The predicted octanol–water partition coefficient (Wildman–Crippen LogP) is 2.96. The molecule has 112 valence electrons. The molecule has 1 aromatic carbocycles. The van der Waals surface area contributed by atoms with Crippen molar-refractivity contribution in [3.05, 3.63) is 23.8 Å². The Morgan fingerprint density at radius 2 is 2.20 bits per heavy atom. The number of aromatic hydroxyl groups is 1. The quantitative estimate of drug-likeness (QED) is 0.841. The summed E-state index contributed by atoms with van der Waals surface area (Å²) < 4.78 is 11.4. The summed E-state index contributed by atoms with van der Waals surface area (Å²) in [6, 6.07) is 5.68. The van der Waals surface area contributed by atoms with Crippen LogP contribution in [0.15, 0.2) is 18.2 Å². The van der Waals surface area contributed by atoms with E-state index in [2.05, 4.69) is 25.8 Å². The molecular formula is C16H25NO3. The highest BCUT2D eigenvalue weighted by Gasteiger charge is 2.35. The SMILES string of the molecule is CCOCCN(C)C1CC(C)(C)Oc2cc(O)ccc21. The second-order valence-electron chi connectivity index (χ2n) is 5.98. The average molecular weight is 279 g/mol. The van der Waals surface area contributed by atoms with E-state index in [1.165, 1.54) is 0 Å². The molecule has 0 aliphatic carbocycles. The molecule has 4 heteroatoms. The van der Waals surface area contributed by atoms with Crippen molar-refractivity contribution < 1.29 is 14.6 Å². The molecular weight excluding hydrogens is 254 g/mol. The Balaban J connectivity index is 2.20. The van der Waals surface area contributed by atoms with Gasteiger partial charge in [0.2, 0.25) is 0 Å². The fraction of sp³-hybridized carbons (Fsp3) is 0.625. The van der Waals surface area contributed by atoms with Gasteiger partial charge in [0.05, 0.1) is 6.61 Å². The summed E-state index contributed by atoms with van der Waals surface area (Å²) in [4.78, 5) is 2.30. The van der Waals surface area contributed by atoms with Crippen molar-refractivity contribution in [1.82, 2.24) is 4.90 Å². The standard InChI is InChI=1S/C16H25NO3/c1-5-19-9-8-17(4)14-11-16(2,3)20-15-10-12(18)6-7-13(14)15/h6-7,10,14,18H,5,8-9,11H2,1-4H3. The van der Waals surface area contributed by atoms with Crippen molar-refractivity contribution in [1.29, 1.82) is 0 Å². The summed E-state index contributed by atoms with van der Waals surface area (Å²) in [6.07, 6.45) is 0.924. The minimum atomic E-state index is -0.231. The molecule has 1 N–H and O–H groups in total. The zero-order valence-electron chi connectivity index (χ0n) is 12.8. The summed E-state index contributed by atoms with van der Waals surface area (Å²) in [5.41, 5.74) is 0.909. The molecule has 4 nitrogen and oxygen atoms in total. The van der Waals surface area contributed by atoms with Crippen molar-refractivity contribution in [3.8, 4) is 11.5 Å². The normalized spacial score (nSPS) is 20.6. The van der Waals surface area contributed by atoms with Crippen LogP contribution in [-0.4, -0.2) is 42.4 Å². The Morgan fingerprint density at radius 1 is 1.45 bits per heavy atom. The maximum Gasteiger partial charge on any atom is 0.128 e. The highest BCUT2D eigenvalue weighted by molar-refractivity contribution is 5.44. The van der Waals surface area contributed by atoms with E-state index in [0.29, 0.717) is 0 Å². The second-order valence-corrected chi connectivity index (χ2v) is 5.98. The number of likely N-dealkylation sites (N-methyl/N-ethyl adjacent to an activating group) is 1. The van der Waals surface area contributed by atoms with Crippen LogP contribution >= 0.6 is 0 Å². The molecule has 1 unspecified atom stereocenters. The molecule has 0 amide bonds.